The number of aliphatic hydroxyl groups excluding tert-OH is 1. The molecule has 1 aliphatic heterocycles. The molecule has 0 aliphatic carbocycles. The molecule has 152 valence electrons. The molecule has 1 saturated heterocycles. The van der Waals surface area contributed by atoms with Crippen LogP contribution in [0.5, 0.6) is 5.75 Å². The Morgan fingerprint density at radius 2 is 1.79 bits per heavy atom. The van der Waals surface area contributed by atoms with Crippen LogP contribution in [0.15, 0.2) is 47.4 Å². The highest BCUT2D eigenvalue weighted by atomic mass is 19.4. The zero-order valence-electron chi connectivity index (χ0n) is 15.0. The number of H-pyrrole nitrogens is 1. The number of halogens is 3. The van der Waals surface area contributed by atoms with E-state index < -0.39 is 17.3 Å². The summed E-state index contributed by atoms with van der Waals surface area (Å²) in [5, 5.41) is 8.89. The molecule has 0 bridgehead atoms. The van der Waals surface area contributed by atoms with Crippen LogP contribution in [0, 0.1) is 0 Å². The largest absolute Gasteiger partial charge is 0.484 e. The summed E-state index contributed by atoms with van der Waals surface area (Å²) in [7, 11) is 0. The van der Waals surface area contributed by atoms with Gasteiger partial charge in [-0.3, -0.25) is 9.59 Å². The summed E-state index contributed by atoms with van der Waals surface area (Å²) in [4.78, 5) is 26.0. The van der Waals surface area contributed by atoms with Crippen molar-refractivity contribution >= 4 is 5.91 Å². The average molecular weight is 398 g/mol. The van der Waals surface area contributed by atoms with Crippen LogP contribution in [0.3, 0.4) is 0 Å². The zero-order chi connectivity index (χ0) is 20.6. The quantitative estimate of drug-likeness (QED) is 0.829. The number of hydrogen-bond donors (Lipinski definition) is 2. The molecule has 2 N–H and O–H groups in total. The van der Waals surface area contributed by atoms with Crippen LogP contribution >= 0.6 is 0 Å². The minimum Gasteiger partial charge on any atom is -0.484 e. The van der Waals surface area contributed by atoms with Gasteiger partial charge < -0.3 is 19.7 Å². The molecule has 9 heteroatoms. The van der Waals surface area contributed by atoms with Crippen LogP contribution in [-0.4, -0.2) is 40.6 Å². The minimum absolute atomic E-state index is 0.0208. The van der Waals surface area contributed by atoms with Crippen LogP contribution in [0.4, 0.5) is 13.2 Å². The summed E-state index contributed by atoms with van der Waals surface area (Å²) in [6, 6.07) is 8.97. The second-order valence-electron chi connectivity index (χ2n) is 6.09. The minimum atomic E-state index is -4.56. The van der Waals surface area contributed by atoms with Crippen molar-refractivity contribution < 1.29 is 27.8 Å². The number of ether oxygens (including phenoxy) is 1. The smallest absolute Gasteiger partial charge is 0.421 e. The van der Waals surface area contributed by atoms with Gasteiger partial charge >= 0.3 is 6.18 Å². The van der Waals surface area contributed by atoms with E-state index in [1.54, 1.807) is 24.3 Å². The second-order valence-corrected chi connectivity index (χ2v) is 6.09. The highest BCUT2D eigenvalue weighted by Gasteiger charge is 2.33. The van der Waals surface area contributed by atoms with Crippen molar-refractivity contribution in [2.45, 2.75) is 25.6 Å². The first-order valence-electron chi connectivity index (χ1n) is 8.66. The maximum atomic E-state index is 11.8. The van der Waals surface area contributed by atoms with E-state index in [9.17, 15) is 22.8 Å². The van der Waals surface area contributed by atoms with Gasteiger partial charge in [0.25, 0.3) is 11.5 Å². The number of alkyl halides is 3. The molecule has 2 heterocycles. The normalized spacial score (nSPS) is 13.6. The Hall–Kier alpha value is -2.81. The third kappa shape index (κ3) is 6.41. The van der Waals surface area contributed by atoms with Crippen LogP contribution < -0.4 is 10.3 Å². The molecule has 0 unspecified atom stereocenters. The SMILES string of the molecule is O=C(COc1ccc(CO)cc1)N1CCCC1.O=c1[nH]cccc1C(F)(F)F. The van der Waals surface area contributed by atoms with Crippen molar-refractivity contribution in [2.24, 2.45) is 0 Å². The lowest BCUT2D eigenvalue weighted by atomic mass is 10.2. The first-order valence-corrected chi connectivity index (χ1v) is 8.66. The number of aromatic nitrogens is 1. The molecule has 1 aromatic carbocycles. The molecule has 0 spiro atoms. The zero-order valence-corrected chi connectivity index (χ0v) is 15.0. The Bertz CT molecular complexity index is 813. The Labute approximate surface area is 159 Å². The molecule has 0 saturated carbocycles. The van der Waals surface area contributed by atoms with Gasteiger partial charge in [0.1, 0.15) is 11.3 Å². The molecule has 1 fully saturated rings. The van der Waals surface area contributed by atoms with E-state index in [4.69, 9.17) is 9.84 Å². The molecule has 0 atom stereocenters. The van der Waals surface area contributed by atoms with E-state index in [0.717, 1.165) is 49.8 Å². The van der Waals surface area contributed by atoms with E-state index in [1.165, 1.54) is 0 Å². The maximum Gasteiger partial charge on any atom is 0.421 e. The van der Waals surface area contributed by atoms with Gasteiger partial charge in [-0.2, -0.15) is 13.2 Å². The summed E-state index contributed by atoms with van der Waals surface area (Å²) >= 11 is 0. The van der Waals surface area contributed by atoms with Crippen molar-refractivity contribution in [1.82, 2.24) is 9.88 Å². The maximum absolute atomic E-state index is 11.8. The van der Waals surface area contributed by atoms with Gasteiger partial charge in [-0.1, -0.05) is 12.1 Å². The van der Waals surface area contributed by atoms with Crippen LogP contribution in [-0.2, 0) is 17.6 Å². The van der Waals surface area contributed by atoms with Gasteiger partial charge in [0.05, 0.1) is 6.61 Å². The lowest BCUT2D eigenvalue weighted by Crippen LogP contribution is -2.32. The van der Waals surface area contributed by atoms with Gasteiger partial charge in [-0.15, -0.1) is 0 Å². The number of carbonyl (C=O) groups excluding carboxylic acids is 1. The highest BCUT2D eigenvalue weighted by molar-refractivity contribution is 5.78. The lowest BCUT2D eigenvalue weighted by Gasteiger charge is -2.15. The number of aliphatic hydroxyl groups is 1. The molecule has 6 nitrogen and oxygen atoms in total. The molecule has 1 aliphatic rings. The Morgan fingerprint density at radius 1 is 1.14 bits per heavy atom. The van der Waals surface area contributed by atoms with Crippen molar-refractivity contribution in [3.8, 4) is 5.75 Å². The van der Waals surface area contributed by atoms with E-state index in [2.05, 4.69) is 0 Å². The van der Waals surface area contributed by atoms with Gasteiger partial charge in [0, 0.05) is 19.3 Å². The predicted octanol–water partition coefficient (Wildman–Crippen LogP) is 2.57. The van der Waals surface area contributed by atoms with E-state index in [1.807, 2.05) is 9.88 Å². The summed E-state index contributed by atoms with van der Waals surface area (Å²) in [5.41, 5.74) is -1.44. The van der Waals surface area contributed by atoms with Crippen LogP contribution in [0.2, 0.25) is 0 Å². The summed E-state index contributed by atoms with van der Waals surface area (Å²) in [5.74, 6) is 0.712. The number of aromatic amines is 1. The number of amides is 1. The highest BCUT2D eigenvalue weighted by Crippen LogP contribution is 2.25. The predicted molar refractivity (Wildman–Crippen MR) is 95.7 cm³/mol. The monoisotopic (exact) mass is 398 g/mol. The molecule has 1 aromatic heterocycles. The van der Waals surface area contributed by atoms with Crippen LogP contribution in [0.1, 0.15) is 24.0 Å². The third-order valence-electron chi connectivity index (χ3n) is 4.05. The standard InChI is InChI=1S/C13H17NO3.C6H4F3NO/c15-9-11-3-5-12(6-4-11)17-10-13(16)14-7-1-2-8-14;7-6(8,9)4-2-1-3-10-5(4)11/h3-6,15H,1-2,7-10H2;1-3H,(H,10,11). The van der Waals surface area contributed by atoms with E-state index in [-0.39, 0.29) is 19.1 Å². The number of rotatable bonds is 4. The number of nitrogens with one attached hydrogen (secondary N) is 1. The molecule has 1 amide bonds. The summed E-state index contributed by atoms with van der Waals surface area (Å²) in [6.07, 6.45) is -1.22. The molecular formula is C19H21F3N2O4. The first kappa shape index (κ1) is 21.5. The van der Waals surface area contributed by atoms with Crippen molar-refractivity contribution in [3.63, 3.8) is 0 Å². The molecular weight excluding hydrogens is 377 g/mol. The third-order valence-corrected chi connectivity index (χ3v) is 4.05. The van der Waals surface area contributed by atoms with E-state index in [0.29, 0.717) is 5.75 Å². The van der Waals surface area contributed by atoms with Gasteiger partial charge in [0.15, 0.2) is 6.61 Å². The first-order chi connectivity index (χ1) is 13.3. The molecule has 2 aromatic rings. The number of hydrogen-bond acceptors (Lipinski definition) is 4. The van der Waals surface area contributed by atoms with Gasteiger partial charge in [-0.25, -0.2) is 0 Å². The fourth-order valence-corrected chi connectivity index (χ4v) is 2.54. The van der Waals surface area contributed by atoms with Crippen LogP contribution in [0.25, 0.3) is 0 Å². The summed E-state index contributed by atoms with van der Waals surface area (Å²) < 4.78 is 40.9. The Balaban J connectivity index is 0.000000221. The van der Waals surface area contributed by atoms with Gasteiger partial charge in [-0.05, 0) is 42.7 Å². The number of benzene rings is 1. The Morgan fingerprint density at radius 3 is 2.29 bits per heavy atom. The fourth-order valence-electron chi connectivity index (χ4n) is 2.54. The summed E-state index contributed by atoms with van der Waals surface area (Å²) in [6.45, 7) is 1.82. The fraction of sp³-hybridized carbons (Fsp3) is 0.368. The lowest BCUT2D eigenvalue weighted by molar-refractivity contribution is -0.138. The topological polar surface area (TPSA) is 82.6 Å². The number of carbonyl (C=O) groups is 1. The van der Waals surface area contributed by atoms with Crippen molar-refractivity contribution in [2.75, 3.05) is 19.7 Å². The van der Waals surface area contributed by atoms with E-state index >= 15 is 0 Å². The Kier molecular flexibility index (Phi) is 7.62. The van der Waals surface area contributed by atoms with Gasteiger partial charge in [0.2, 0.25) is 0 Å². The average Bonchev–Trinajstić information content (AvgIpc) is 3.21. The number of nitrogens with zero attached hydrogens (tertiary/aromatic N) is 1. The number of likely N-dealkylation sites (tertiary alicyclic amines) is 1. The van der Waals surface area contributed by atoms with Crippen molar-refractivity contribution in [1.29, 1.82) is 0 Å². The molecule has 28 heavy (non-hydrogen) atoms. The second kappa shape index (κ2) is 9.93. The van der Waals surface area contributed by atoms with Crippen molar-refractivity contribution in [3.05, 3.63) is 64.1 Å². The molecule has 0 radical (unpaired) electrons. The number of pyridine rings is 1. The molecule has 3 rings (SSSR count).